The number of para-hydroxylation sites is 1. The van der Waals surface area contributed by atoms with Crippen molar-refractivity contribution in [1.82, 2.24) is 0 Å². The largest absolute Gasteiger partial charge is 0.497 e. The van der Waals surface area contributed by atoms with Gasteiger partial charge in [0.2, 0.25) is 5.91 Å². The zero-order valence-corrected chi connectivity index (χ0v) is 15.4. The summed E-state index contributed by atoms with van der Waals surface area (Å²) >= 11 is 0. The highest BCUT2D eigenvalue weighted by molar-refractivity contribution is 5.97. The summed E-state index contributed by atoms with van der Waals surface area (Å²) in [6.07, 6.45) is 0.906. The molecule has 0 radical (unpaired) electrons. The predicted octanol–water partition coefficient (Wildman–Crippen LogP) is 5.03. The van der Waals surface area contributed by atoms with Gasteiger partial charge in [0.1, 0.15) is 5.75 Å². The van der Waals surface area contributed by atoms with Crippen molar-refractivity contribution >= 4 is 11.6 Å². The lowest BCUT2D eigenvalue weighted by Gasteiger charge is -2.23. The number of methoxy groups -OCH3 is 1. The van der Waals surface area contributed by atoms with Crippen LogP contribution in [-0.4, -0.2) is 13.0 Å². The summed E-state index contributed by atoms with van der Waals surface area (Å²) in [7, 11) is 1.67. The molecule has 1 aliphatic carbocycles. The number of rotatable bonds is 6. The minimum Gasteiger partial charge on any atom is -0.497 e. The number of carbonyl (C=O) groups excluding carboxylic acids is 1. The lowest BCUT2D eigenvalue weighted by Crippen LogP contribution is -2.32. The number of nitrogens with zero attached hydrogens (tertiary/aromatic N) is 1. The number of carbonyl (C=O) groups is 1. The average molecular weight is 357 g/mol. The number of amides is 1. The number of anilines is 1. The lowest BCUT2D eigenvalue weighted by molar-refractivity contribution is -0.120. The Morgan fingerprint density at radius 2 is 1.56 bits per heavy atom. The first-order valence-electron chi connectivity index (χ1n) is 9.30. The van der Waals surface area contributed by atoms with Crippen molar-refractivity contribution in [3.63, 3.8) is 0 Å². The summed E-state index contributed by atoms with van der Waals surface area (Å²) in [5, 5.41) is 0. The Kier molecular flexibility index (Phi) is 4.93. The van der Waals surface area contributed by atoms with Crippen molar-refractivity contribution < 1.29 is 9.53 Å². The van der Waals surface area contributed by atoms with Crippen LogP contribution in [0, 0.1) is 5.92 Å². The van der Waals surface area contributed by atoms with E-state index in [-0.39, 0.29) is 11.8 Å². The Hall–Kier alpha value is -3.07. The quantitative estimate of drug-likeness (QED) is 0.619. The van der Waals surface area contributed by atoms with E-state index in [2.05, 4.69) is 24.3 Å². The predicted molar refractivity (Wildman–Crippen MR) is 108 cm³/mol. The van der Waals surface area contributed by atoms with Gasteiger partial charge >= 0.3 is 0 Å². The number of hydrogen-bond donors (Lipinski definition) is 0. The van der Waals surface area contributed by atoms with Crippen molar-refractivity contribution in [1.29, 1.82) is 0 Å². The molecule has 1 fully saturated rings. The molecule has 3 heteroatoms. The second kappa shape index (κ2) is 7.67. The monoisotopic (exact) mass is 357 g/mol. The van der Waals surface area contributed by atoms with E-state index in [0.717, 1.165) is 23.4 Å². The third-order valence-electron chi connectivity index (χ3n) is 5.17. The van der Waals surface area contributed by atoms with Crippen LogP contribution in [-0.2, 0) is 11.3 Å². The van der Waals surface area contributed by atoms with Crippen LogP contribution in [0.3, 0.4) is 0 Å². The molecule has 4 rings (SSSR count). The van der Waals surface area contributed by atoms with Crippen LogP contribution in [0.1, 0.15) is 23.5 Å². The molecule has 136 valence electrons. The Morgan fingerprint density at radius 1 is 0.926 bits per heavy atom. The van der Waals surface area contributed by atoms with Gasteiger partial charge in [-0.15, -0.1) is 0 Å². The molecule has 3 nitrogen and oxygen atoms in total. The summed E-state index contributed by atoms with van der Waals surface area (Å²) in [6.45, 7) is 0.593. The highest BCUT2D eigenvalue weighted by atomic mass is 16.5. The van der Waals surface area contributed by atoms with Gasteiger partial charge in [0.05, 0.1) is 13.7 Å². The fourth-order valence-corrected chi connectivity index (χ4v) is 3.56. The fraction of sp³-hybridized carbons (Fsp3) is 0.208. The van der Waals surface area contributed by atoms with Gasteiger partial charge in [0.15, 0.2) is 0 Å². The van der Waals surface area contributed by atoms with Crippen LogP contribution in [0.2, 0.25) is 0 Å². The molecule has 3 aromatic rings. The van der Waals surface area contributed by atoms with E-state index in [0.29, 0.717) is 12.5 Å². The van der Waals surface area contributed by atoms with E-state index < -0.39 is 0 Å². The second-order valence-electron chi connectivity index (χ2n) is 6.97. The number of benzene rings is 3. The zero-order chi connectivity index (χ0) is 18.6. The first kappa shape index (κ1) is 17.3. The van der Waals surface area contributed by atoms with Crippen molar-refractivity contribution in [2.75, 3.05) is 12.0 Å². The van der Waals surface area contributed by atoms with E-state index in [4.69, 9.17) is 4.74 Å². The van der Waals surface area contributed by atoms with Gasteiger partial charge in [0.25, 0.3) is 0 Å². The highest BCUT2D eigenvalue weighted by Crippen LogP contribution is 2.49. The standard InChI is InChI=1S/C24H23NO2/c1-27-21-14-12-19(13-15-21)22-16-23(22)24(26)25(20-10-6-3-7-11-20)17-18-8-4-2-5-9-18/h2-15,22-23H,16-17H2,1H3. The lowest BCUT2D eigenvalue weighted by atomic mass is 10.1. The molecule has 0 bridgehead atoms. The number of ether oxygens (including phenoxy) is 1. The molecule has 1 saturated carbocycles. The third kappa shape index (κ3) is 3.87. The van der Waals surface area contributed by atoms with Crippen molar-refractivity contribution in [2.45, 2.75) is 18.9 Å². The van der Waals surface area contributed by atoms with E-state index in [9.17, 15) is 4.79 Å². The van der Waals surface area contributed by atoms with Gasteiger partial charge < -0.3 is 9.64 Å². The van der Waals surface area contributed by atoms with E-state index in [1.165, 1.54) is 5.56 Å². The van der Waals surface area contributed by atoms with Crippen LogP contribution in [0.5, 0.6) is 5.75 Å². The van der Waals surface area contributed by atoms with Crippen LogP contribution in [0.4, 0.5) is 5.69 Å². The highest BCUT2D eigenvalue weighted by Gasteiger charge is 2.46. The molecule has 3 aromatic carbocycles. The maximum atomic E-state index is 13.3. The van der Waals surface area contributed by atoms with Crippen LogP contribution in [0.15, 0.2) is 84.9 Å². The molecule has 2 atom stereocenters. The molecule has 0 aliphatic heterocycles. The second-order valence-corrected chi connectivity index (χ2v) is 6.97. The van der Waals surface area contributed by atoms with Crippen molar-refractivity contribution in [3.05, 3.63) is 96.1 Å². The maximum absolute atomic E-state index is 13.3. The van der Waals surface area contributed by atoms with E-state index in [1.54, 1.807) is 7.11 Å². The van der Waals surface area contributed by atoms with Gasteiger partial charge in [-0.05, 0) is 47.7 Å². The molecule has 0 heterocycles. The van der Waals surface area contributed by atoms with Crippen LogP contribution < -0.4 is 9.64 Å². The van der Waals surface area contributed by atoms with Crippen LogP contribution >= 0.6 is 0 Å². The first-order chi connectivity index (χ1) is 13.3. The normalized spacial score (nSPS) is 18.0. The zero-order valence-electron chi connectivity index (χ0n) is 15.4. The molecule has 0 spiro atoms. The molecule has 0 saturated heterocycles. The molecule has 0 N–H and O–H groups in total. The summed E-state index contributed by atoms with van der Waals surface area (Å²) in [6, 6.07) is 28.2. The van der Waals surface area contributed by atoms with Crippen LogP contribution in [0.25, 0.3) is 0 Å². The Morgan fingerprint density at radius 3 is 2.19 bits per heavy atom. The van der Waals surface area contributed by atoms with Gasteiger partial charge in [-0.25, -0.2) is 0 Å². The van der Waals surface area contributed by atoms with E-state index >= 15 is 0 Å². The first-order valence-corrected chi connectivity index (χ1v) is 9.30. The third-order valence-corrected chi connectivity index (χ3v) is 5.17. The van der Waals surface area contributed by atoms with Crippen molar-refractivity contribution in [3.8, 4) is 5.75 Å². The minimum absolute atomic E-state index is 0.0438. The maximum Gasteiger partial charge on any atom is 0.231 e. The van der Waals surface area contributed by atoms with Gasteiger partial charge in [-0.1, -0.05) is 60.7 Å². The SMILES string of the molecule is COc1ccc(C2CC2C(=O)N(Cc2ccccc2)c2ccccc2)cc1. The molecule has 27 heavy (non-hydrogen) atoms. The Bertz CT molecular complexity index is 891. The van der Waals surface area contributed by atoms with Crippen molar-refractivity contribution in [2.24, 2.45) is 5.92 Å². The topological polar surface area (TPSA) is 29.5 Å². The molecule has 2 unspecified atom stereocenters. The fourth-order valence-electron chi connectivity index (χ4n) is 3.56. The van der Waals surface area contributed by atoms with Gasteiger partial charge in [-0.3, -0.25) is 4.79 Å². The van der Waals surface area contributed by atoms with Gasteiger partial charge in [-0.2, -0.15) is 0 Å². The molecular weight excluding hydrogens is 334 g/mol. The summed E-state index contributed by atoms with van der Waals surface area (Å²) < 4.78 is 5.23. The molecule has 1 aliphatic rings. The Labute approximate surface area is 160 Å². The summed E-state index contributed by atoms with van der Waals surface area (Å²) in [5.74, 6) is 1.39. The van der Waals surface area contributed by atoms with Gasteiger partial charge in [0, 0.05) is 11.6 Å². The molecule has 0 aromatic heterocycles. The number of hydrogen-bond acceptors (Lipinski definition) is 2. The average Bonchev–Trinajstić information content (AvgIpc) is 3.54. The minimum atomic E-state index is 0.0438. The smallest absolute Gasteiger partial charge is 0.231 e. The van der Waals surface area contributed by atoms with E-state index in [1.807, 2.05) is 65.6 Å². The summed E-state index contributed by atoms with van der Waals surface area (Å²) in [4.78, 5) is 15.2. The molecular formula is C24H23NO2. The Balaban J connectivity index is 1.54. The summed E-state index contributed by atoms with van der Waals surface area (Å²) in [5.41, 5.74) is 3.30. The molecule has 1 amide bonds.